The average Bonchev–Trinajstić information content (AvgIpc) is 1.78. The highest BCUT2D eigenvalue weighted by atomic mass is 14.9. The van der Waals surface area contributed by atoms with Gasteiger partial charge in [-0.1, -0.05) is 27.2 Å². The van der Waals surface area contributed by atoms with Crippen molar-refractivity contribution >= 4 is 0 Å². The van der Waals surface area contributed by atoms with Gasteiger partial charge in [0, 0.05) is 6.97 Å². The van der Waals surface area contributed by atoms with Gasteiger partial charge in [0.25, 0.3) is 0 Å². The van der Waals surface area contributed by atoms with E-state index in [1.54, 1.807) is 0 Å². The van der Waals surface area contributed by atoms with Gasteiger partial charge in [-0.3, -0.25) is 0 Å². The normalized spacial score (nSPS) is 10.9. The molecule has 0 aliphatic rings. The van der Waals surface area contributed by atoms with Crippen molar-refractivity contribution in [3.63, 3.8) is 0 Å². The number of hydrogen-bond donors (Lipinski definition) is 1. The molecule has 0 heterocycles. The van der Waals surface area contributed by atoms with Gasteiger partial charge in [-0.05, 0) is 33.7 Å². The number of hydrogen-bond acceptors (Lipinski definition) is 1. The van der Waals surface area contributed by atoms with Gasteiger partial charge in [-0.25, -0.2) is 0 Å². The third-order valence-electron chi connectivity index (χ3n) is 1.44. The molecule has 1 heteroatoms. The van der Waals surface area contributed by atoms with Crippen molar-refractivity contribution in [1.29, 1.82) is 0 Å². The van der Waals surface area contributed by atoms with E-state index in [4.69, 9.17) is 0 Å². The molecule has 0 aliphatic heterocycles. The maximum atomic E-state index is 3.46. The molecular weight excluding hydrogens is 134 g/mol. The first-order chi connectivity index (χ1) is 4.56. The minimum atomic E-state index is 0. The van der Waals surface area contributed by atoms with Gasteiger partial charge in [0.2, 0.25) is 0 Å². The molecule has 0 aromatic rings. The molecular formula is C10H27N. The average molecular weight is 161 g/mol. The fraction of sp³-hybridized carbons (Fsp3) is 1.00. The molecule has 0 radical (unpaired) electrons. The van der Waals surface area contributed by atoms with Gasteiger partial charge >= 0.3 is 0 Å². The largest absolute Gasteiger partial charge is 0.312 e. The van der Waals surface area contributed by atoms with E-state index in [0.29, 0.717) is 5.54 Å². The molecule has 0 aromatic carbocycles. The fourth-order valence-corrected chi connectivity index (χ4v) is 0.838. The Hall–Kier alpha value is -0.0400. The molecule has 0 bridgehead atoms. The van der Waals surface area contributed by atoms with Crippen LogP contribution in [-0.4, -0.2) is 12.1 Å². The van der Waals surface area contributed by atoms with Gasteiger partial charge in [0.1, 0.15) is 0 Å². The molecule has 0 aliphatic carbocycles. The van der Waals surface area contributed by atoms with E-state index in [1.807, 2.05) is 0 Å². The summed E-state index contributed by atoms with van der Waals surface area (Å²) >= 11 is 0. The first-order valence-corrected chi connectivity index (χ1v) is 4.31. The molecule has 1 N–H and O–H groups in total. The zero-order valence-corrected chi connectivity index (χ0v) is 7.83. The maximum Gasteiger partial charge on any atom is 0.00965 e. The molecule has 0 aromatic heterocycles. The van der Waals surface area contributed by atoms with E-state index in [0.717, 1.165) is 6.54 Å². The molecule has 0 saturated carbocycles. The van der Waals surface area contributed by atoms with Crippen LogP contribution in [-0.2, 0) is 0 Å². The zero-order valence-electron chi connectivity index (χ0n) is 7.83. The van der Waals surface area contributed by atoms with Crippen LogP contribution >= 0.6 is 0 Å². The Labute approximate surface area is 74.1 Å². The molecule has 1 nitrogen and oxygen atoms in total. The summed E-state index contributed by atoms with van der Waals surface area (Å²) < 4.78 is 0. The summed E-state index contributed by atoms with van der Waals surface area (Å²) in [6.45, 7) is 10.0. The number of nitrogens with one attached hydrogen (secondary N) is 1. The lowest BCUT2D eigenvalue weighted by molar-refractivity contribution is 0.418. The van der Waals surface area contributed by atoms with Gasteiger partial charge in [-0.2, -0.15) is 0 Å². The number of unbranched alkanes of at least 4 members (excludes halogenated alkanes) is 2. The highest BCUT2D eigenvalue weighted by Crippen LogP contribution is 1.99. The second-order valence-electron chi connectivity index (χ2n) is 3.88. The molecule has 0 unspecified atom stereocenters. The van der Waals surface area contributed by atoms with Crippen LogP contribution in [0.5, 0.6) is 0 Å². The topological polar surface area (TPSA) is 12.0 Å². The second-order valence-corrected chi connectivity index (χ2v) is 3.88. The summed E-state index contributed by atoms with van der Waals surface area (Å²) in [6, 6.07) is 0. The van der Waals surface area contributed by atoms with Crippen LogP contribution in [0.3, 0.4) is 0 Å². The van der Waals surface area contributed by atoms with E-state index in [1.165, 1.54) is 19.3 Å². The Balaban J connectivity index is -0.000000405. The summed E-state index contributed by atoms with van der Waals surface area (Å²) in [5.74, 6) is 0. The molecule has 0 atom stereocenters. The van der Waals surface area contributed by atoms with Crippen LogP contribution in [0, 0.1) is 0 Å². The van der Waals surface area contributed by atoms with Crippen molar-refractivity contribution in [2.45, 2.75) is 59.9 Å². The van der Waals surface area contributed by atoms with Crippen LogP contribution < -0.4 is 5.32 Å². The quantitative estimate of drug-likeness (QED) is 0.623. The van der Waals surface area contributed by atoms with E-state index >= 15 is 0 Å². The standard InChI is InChI=1S/C9H21N.CH4.H2/c1-5-6-7-8-10-9(2,3)4;;/h10H,5-8H2,1-4H3;1H4;1H. The van der Waals surface area contributed by atoms with E-state index in [2.05, 4.69) is 33.0 Å². The molecule has 0 saturated heterocycles. The van der Waals surface area contributed by atoms with Crippen molar-refractivity contribution in [2.24, 2.45) is 0 Å². The van der Waals surface area contributed by atoms with Crippen LogP contribution in [0.4, 0.5) is 0 Å². The lowest BCUT2D eigenvalue weighted by Crippen LogP contribution is -2.36. The highest BCUT2D eigenvalue weighted by Gasteiger charge is 2.06. The first kappa shape index (κ1) is 13.5. The smallest absolute Gasteiger partial charge is 0.00965 e. The summed E-state index contributed by atoms with van der Waals surface area (Å²) in [5.41, 5.74) is 0.299. The summed E-state index contributed by atoms with van der Waals surface area (Å²) in [5, 5.41) is 3.46. The SMILES string of the molecule is C.CCCCCNC(C)(C)C.[HH]. The van der Waals surface area contributed by atoms with Crippen molar-refractivity contribution < 1.29 is 1.43 Å². The predicted molar refractivity (Wildman–Crippen MR) is 56.1 cm³/mol. The van der Waals surface area contributed by atoms with Crippen LogP contribution in [0.2, 0.25) is 0 Å². The Kier molecular flexibility index (Phi) is 8.20. The minimum absolute atomic E-state index is 0. The van der Waals surface area contributed by atoms with E-state index < -0.39 is 0 Å². The Morgan fingerprint density at radius 2 is 1.73 bits per heavy atom. The first-order valence-electron chi connectivity index (χ1n) is 4.31. The molecule has 0 amide bonds. The predicted octanol–water partition coefficient (Wildman–Crippen LogP) is 3.45. The van der Waals surface area contributed by atoms with Crippen LogP contribution in [0.15, 0.2) is 0 Å². The lowest BCUT2D eigenvalue weighted by Gasteiger charge is -2.20. The summed E-state index contributed by atoms with van der Waals surface area (Å²) in [4.78, 5) is 0. The van der Waals surface area contributed by atoms with E-state index in [-0.39, 0.29) is 8.85 Å². The molecule has 11 heavy (non-hydrogen) atoms. The van der Waals surface area contributed by atoms with Crippen molar-refractivity contribution in [3.8, 4) is 0 Å². The maximum absolute atomic E-state index is 3.46. The number of rotatable bonds is 4. The zero-order chi connectivity index (χ0) is 8.04. The monoisotopic (exact) mass is 161 g/mol. The molecule has 0 fully saturated rings. The fourth-order valence-electron chi connectivity index (χ4n) is 0.838. The molecule has 0 rings (SSSR count). The van der Waals surface area contributed by atoms with Gasteiger partial charge < -0.3 is 5.32 Å². The summed E-state index contributed by atoms with van der Waals surface area (Å²) in [7, 11) is 0. The Morgan fingerprint density at radius 1 is 1.18 bits per heavy atom. The van der Waals surface area contributed by atoms with Crippen LogP contribution in [0.25, 0.3) is 0 Å². The Bertz CT molecular complexity index is 76.4. The van der Waals surface area contributed by atoms with Gasteiger partial charge in [-0.15, -0.1) is 0 Å². The minimum Gasteiger partial charge on any atom is -0.312 e. The molecule has 72 valence electrons. The van der Waals surface area contributed by atoms with Crippen molar-refractivity contribution in [1.82, 2.24) is 5.32 Å². The van der Waals surface area contributed by atoms with Gasteiger partial charge in [0.05, 0.1) is 0 Å². The second kappa shape index (κ2) is 6.66. The van der Waals surface area contributed by atoms with Gasteiger partial charge in [0.15, 0.2) is 0 Å². The highest BCUT2D eigenvalue weighted by molar-refractivity contribution is 4.69. The summed E-state index contributed by atoms with van der Waals surface area (Å²) in [6.07, 6.45) is 3.97. The lowest BCUT2D eigenvalue weighted by atomic mass is 10.1. The third-order valence-corrected chi connectivity index (χ3v) is 1.44. The Morgan fingerprint density at radius 3 is 2.09 bits per heavy atom. The third kappa shape index (κ3) is 13.0. The van der Waals surface area contributed by atoms with Crippen molar-refractivity contribution in [3.05, 3.63) is 0 Å². The van der Waals surface area contributed by atoms with Crippen LogP contribution in [0.1, 0.15) is 55.8 Å². The molecule has 0 spiro atoms. The van der Waals surface area contributed by atoms with E-state index in [9.17, 15) is 0 Å². The van der Waals surface area contributed by atoms with Crippen molar-refractivity contribution in [2.75, 3.05) is 6.54 Å².